The zero-order chi connectivity index (χ0) is 21.3. The number of hydrogen-bond acceptors (Lipinski definition) is 6. The average molecular weight is 412 g/mol. The van der Waals surface area contributed by atoms with Crippen molar-refractivity contribution in [2.24, 2.45) is 5.92 Å². The minimum Gasteiger partial charge on any atom is -0.465 e. The minimum absolute atomic E-state index is 0.0988. The molecule has 0 atom stereocenters. The predicted molar refractivity (Wildman–Crippen MR) is 109 cm³/mol. The van der Waals surface area contributed by atoms with Crippen LogP contribution in [0.1, 0.15) is 23.2 Å². The van der Waals surface area contributed by atoms with Gasteiger partial charge in [-0.3, -0.25) is 4.39 Å². The standard InChI is InChI=1S/C21H21FN4O4/c1-30-19(27)15-3-2-14-8-18(26(21(28)29)17(14)9-15)16-11-23-20(24-12-16)25-6-4-13(10-22)5-7-25/h2-3,8-9,11-13H,4-7,10H2,1H3,(H,28,29). The first-order valence-corrected chi connectivity index (χ1v) is 9.62. The number of hydrogen-bond donors (Lipinski definition) is 1. The van der Waals surface area contributed by atoms with Crippen LogP contribution in [0, 0.1) is 5.92 Å². The van der Waals surface area contributed by atoms with Crippen molar-refractivity contribution in [2.75, 3.05) is 31.8 Å². The van der Waals surface area contributed by atoms with Crippen molar-refractivity contribution in [2.45, 2.75) is 12.8 Å². The van der Waals surface area contributed by atoms with E-state index in [1.54, 1.807) is 30.6 Å². The van der Waals surface area contributed by atoms with Crippen LogP contribution in [0.4, 0.5) is 15.1 Å². The molecule has 30 heavy (non-hydrogen) atoms. The van der Waals surface area contributed by atoms with Crippen LogP contribution in [0.25, 0.3) is 22.2 Å². The lowest BCUT2D eigenvalue weighted by Gasteiger charge is -2.30. The van der Waals surface area contributed by atoms with Gasteiger partial charge >= 0.3 is 12.1 Å². The number of esters is 1. The summed E-state index contributed by atoms with van der Waals surface area (Å²) in [4.78, 5) is 34.6. The maximum absolute atomic E-state index is 12.8. The second-order valence-electron chi connectivity index (χ2n) is 7.27. The molecule has 1 aliphatic heterocycles. The Labute approximate surface area is 171 Å². The van der Waals surface area contributed by atoms with Crippen molar-refractivity contribution in [1.29, 1.82) is 0 Å². The lowest BCUT2D eigenvalue weighted by molar-refractivity contribution is 0.0600. The number of benzene rings is 1. The average Bonchev–Trinajstić information content (AvgIpc) is 3.17. The van der Waals surface area contributed by atoms with Crippen LogP contribution < -0.4 is 4.90 Å². The molecule has 8 nitrogen and oxygen atoms in total. The Bertz CT molecular complexity index is 1090. The maximum Gasteiger partial charge on any atom is 0.416 e. The van der Waals surface area contributed by atoms with E-state index >= 15 is 0 Å². The Morgan fingerprint density at radius 1 is 1.20 bits per heavy atom. The van der Waals surface area contributed by atoms with Gasteiger partial charge in [-0.05, 0) is 37.0 Å². The summed E-state index contributed by atoms with van der Waals surface area (Å²) in [5.41, 5.74) is 1.58. The Hall–Kier alpha value is -3.49. The number of carbonyl (C=O) groups is 2. The SMILES string of the molecule is COC(=O)c1ccc2cc(-c3cnc(N4CCC(CF)CC4)nc3)n(C(=O)O)c2c1. The highest BCUT2D eigenvalue weighted by Crippen LogP contribution is 2.29. The summed E-state index contributed by atoms with van der Waals surface area (Å²) in [7, 11) is 1.27. The number of ether oxygens (including phenoxy) is 1. The van der Waals surface area contributed by atoms with E-state index in [-0.39, 0.29) is 18.2 Å². The number of halogens is 1. The molecule has 0 bridgehead atoms. The zero-order valence-electron chi connectivity index (χ0n) is 16.4. The van der Waals surface area contributed by atoms with Gasteiger partial charge in [0.05, 0.1) is 30.6 Å². The molecule has 0 spiro atoms. The molecular weight excluding hydrogens is 391 g/mol. The van der Waals surface area contributed by atoms with E-state index in [0.717, 1.165) is 17.4 Å². The van der Waals surface area contributed by atoms with Crippen molar-refractivity contribution < 1.29 is 23.8 Å². The Morgan fingerprint density at radius 3 is 2.50 bits per heavy atom. The van der Waals surface area contributed by atoms with Gasteiger partial charge in [-0.1, -0.05) is 6.07 Å². The number of alkyl halides is 1. The van der Waals surface area contributed by atoms with Gasteiger partial charge in [0.25, 0.3) is 0 Å². The molecule has 0 amide bonds. The van der Waals surface area contributed by atoms with E-state index in [9.17, 15) is 19.1 Å². The van der Waals surface area contributed by atoms with Gasteiger partial charge in [0.1, 0.15) is 0 Å². The molecule has 156 valence electrons. The fraction of sp³-hybridized carbons (Fsp3) is 0.333. The first-order chi connectivity index (χ1) is 14.5. The molecule has 0 radical (unpaired) electrons. The largest absolute Gasteiger partial charge is 0.465 e. The molecule has 4 rings (SSSR count). The number of carbonyl (C=O) groups excluding carboxylic acids is 1. The van der Waals surface area contributed by atoms with Crippen molar-refractivity contribution in [3.63, 3.8) is 0 Å². The Balaban J connectivity index is 1.68. The number of piperidine rings is 1. The highest BCUT2D eigenvalue weighted by atomic mass is 19.1. The first kappa shape index (κ1) is 19.8. The van der Waals surface area contributed by atoms with Crippen LogP contribution in [-0.2, 0) is 4.74 Å². The van der Waals surface area contributed by atoms with Crippen molar-refractivity contribution in [3.8, 4) is 11.3 Å². The van der Waals surface area contributed by atoms with E-state index in [0.29, 0.717) is 41.2 Å². The normalized spacial score (nSPS) is 14.8. The van der Waals surface area contributed by atoms with E-state index in [1.807, 2.05) is 4.90 Å². The molecule has 2 aromatic heterocycles. The molecule has 9 heteroatoms. The number of carboxylic acid groups (broad SMARTS) is 1. The lowest BCUT2D eigenvalue weighted by Crippen LogP contribution is -2.35. The molecule has 0 unspecified atom stereocenters. The highest BCUT2D eigenvalue weighted by molar-refractivity contribution is 6.00. The molecule has 1 N–H and O–H groups in total. The number of aromatic nitrogens is 3. The summed E-state index contributed by atoms with van der Waals surface area (Å²) in [6, 6.07) is 6.47. The number of methoxy groups -OCH3 is 1. The van der Waals surface area contributed by atoms with Crippen molar-refractivity contribution >= 4 is 28.9 Å². The number of rotatable bonds is 4. The third-order valence-electron chi connectivity index (χ3n) is 5.47. The molecule has 1 aliphatic rings. The van der Waals surface area contributed by atoms with Crippen LogP contribution in [-0.4, -0.2) is 58.6 Å². The monoisotopic (exact) mass is 412 g/mol. The van der Waals surface area contributed by atoms with E-state index in [2.05, 4.69) is 9.97 Å². The summed E-state index contributed by atoms with van der Waals surface area (Å²) < 4.78 is 18.6. The Kier molecular flexibility index (Phi) is 5.35. The number of anilines is 1. The van der Waals surface area contributed by atoms with Gasteiger partial charge in [-0.2, -0.15) is 0 Å². The molecular formula is C21H21FN4O4. The summed E-state index contributed by atoms with van der Waals surface area (Å²) in [5, 5.41) is 10.4. The smallest absolute Gasteiger partial charge is 0.416 e. The summed E-state index contributed by atoms with van der Waals surface area (Å²) in [6.07, 6.45) is 3.51. The first-order valence-electron chi connectivity index (χ1n) is 9.62. The van der Waals surface area contributed by atoms with Crippen LogP contribution >= 0.6 is 0 Å². The Morgan fingerprint density at radius 2 is 1.90 bits per heavy atom. The summed E-state index contributed by atoms with van der Waals surface area (Å²) >= 11 is 0. The molecule has 1 aromatic carbocycles. The van der Waals surface area contributed by atoms with Gasteiger partial charge in [0, 0.05) is 36.4 Å². The molecule has 1 saturated heterocycles. The van der Waals surface area contributed by atoms with Crippen molar-refractivity contribution in [3.05, 3.63) is 42.2 Å². The second kappa shape index (κ2) is 8.10. The quantitative estimate of drug-likeness (QED) is 0.654. The zero-order valence-corrected chi connectivity index (χ0v) is 16.4. The summed E-state index contributed by atoms with van der Waals surface area (Å²) in [6.45, 7) is 1.09. The number of fused-ring (bicyclic) bond motifs is 1. The fourth-order valence-electron chi connectivity index (χ4n) is 3.77. The minimum atomic E-state index is -1.18. The predicted octanol–water partition coefficient (Wildman–Crippen LogP) is 3.60. The lowest BCUT2D eigenvalue weighted by atomic mass is 9.99. The van der Waals surface area contributed by atoms with Crippen LogP contribution in [0.15, 0.2) is 36.7 Å². The van der Waals surface area contributed by atoms with Crippen LogP contribution in [0.2, 0.25) is 0 Å². The topological polar surface area (TPSA) is 97.5 Å². The molecule has 0 saturated carbocycles. The molecule has 3 heterocycles. The van der Waals surface area contributed by atoms with Gasteiger partial charge in [-0.25, -0.2) is 24.1 Å². The highest BCUT2D eigenvalue weighted by Gasteiger charge is 2.22. The molecule has 0 aliphatic carbocycles. The van der Waals surface area contributed by atoms with E-state index < -0.39 is 12.1 Å². The second-order valence-corrected chi connectivity index (χ2v) is 7.27. The fourth-order valence-corrected chi connectivity index (χ4v) is 3.77. The van der Waals surface area contributed by atoms with Gasteiger partial charge in [-0.15, -0.1) is 0 Å². The molecule has 3 aromatic rings. The van der Waals surface area contributed by atoms with Gasteiger partial charge in [0.15, 0.2) is 0 Å². The van der Waals surface area contributed by atoms with Crippen molar-refractivity contribution in [1.82, 2.24) is 14.5 Å². The van der Waals surface area contributed by atoms with E-state index in [4.69, 9.17) is 4.74 Å². The number of nitrogens with zero attached hydrogens (tertiary/aromatic N) is 4. The molecule has 1 fully saturated rings. The third kappa shape index (κ3) is 3.58. The van der Waals surface area contributed by atoms with Crippen LogP contribution in [0.3, 0.4) is 0 Å². The van der Waals surface area contributed by atoms with Crippen LogP contribution in [0.5, 0.6) is 0 Å². The van der Waals surface area contributed by atoms with E-state index in [1.165, 1.54) is 13.2 Å². The van der Waals surface area contributed by atoms with Gasteiger partial charge in [0.2, 0.25) is 5.95 Å². The van der Waals surface area contributed by atoms with Gasteiger partial charge < -0.3 is 14.7 Å². The third-order valence-corrected chi connectivity index (χ3v) is 5.47. The maximum atomic E-state index is 12.8. The summed E-state index contributed by atoms with van der Waals surface area (Å²) in [5.74, 6) is 0.101.